The molecule has 58 heavy (non-hydrogen) atoms. The molecule has 14 nitrogen and oxygen atoms in total. The highest BCUT2D eigenvalue weighted by molar-refractivity contribution is 6.35. The normalized spacial score (nSPS) is 23.6. The number of carbonyl (C=O) groups excluding carboxylic acids is 2. The van der Waals surface area contributed by atoms with Gasteiger partial charge < -0.3 is 38.4 Å². The van der Waals surface area contributed by atoms with Crippen molar-refractivity contribution in [2.24, 2.45) is 0 Å². The van der Waals surface area contributed by atoms with E-state index in [9.17, 15) is 9.59 Å². The van der Waals surface area contributed by atoms with Crippen LogP contribution in [0.2, 0.25) is 10.0 Å². The summed E-state index contributed by atoms with van der Waals surface area (Å²) < 4.78 is 32.2. The van der Waals surface area contributed by atoms with Gasteiger partial charge in [0.1, 0.15) is 43.2 Å². The first kappa shape index (κ1) is 40.3. The molecular formula is C42H49Cl2N7O7. The third-order valence-electron chi connectivity index (χ3n) is 11.3. The van der Waals surface area contributed by atoms with Gasteiger partial charge >= 0.3 is 6.03 Å². The monoisotopic (exact) mass is 833 g/mol. The summed E-state index contributed by atoms with van der Waals surface area (Å²) in [6, 6.07) is 20.7. The fourth-order valence-electron chi connectivity index (χ4n) is 8.01. The van der Waals surface area contributed by atoms with Crippen molar-refractivity contribution in [2.45, 2.75) is 63.2 Å². The van der Waals surface area contributed by atoms with Crippen molar-refractivity contribution >= 4 is 52.2 Å². The van der Waals surface area contributed by atoms with Crippen LogP contribution in [-0.2, 0) is 36.1 Å². The van der Waals surface area contributed by atoms with Gasteiger partial charge in [-0.15, -0.1) is 0 Å². The first-order chi connectivity index (χ1) is 28.1. The Balaban J connectivity index is 0.812. The Labute approximate surface area is 348 Å². The molecule has 0 N–H and O–H groups in total. The minimum atomic E-state index is -1.18. The third kappa shape index (κ3) is 8.63. The molecule has 4 fully saturated rings. The van der Waals surface area contributed by atoms with Crippen molar-refractivity contribution < 1.29 is 33.3 Å². The minimum Gasteiger partial charge on any atom is -0.491 e. The molecule has 3 atom stereocenters. The fraction of sp³-hybridized carbons (Fsp3) is 0.476. The van der Waals surface area contributed by atoms with Crippen LogP contribution in [0.15, 0.2) is 79.4 Å². The summed E-state index contributed by atoms with van der Waals surface area (Å²) in [5.74, 6) is -0.695. The highest BCUT2D eigenvalue weighted by Crippen LogP contribution is 2.41. The number of carbonyl (C=O) groups is 2. The van der Waals surface area contributed by atoms with Crippen LogP contribution in [0.3, 0.4) is 0 Å². The molecule has 8 rings (SSSR count). The molecule has 3 amide bonds. The number of halogens is 2. The van der Waals surface area contributed by atoms with Gasteiger partial charge in [-0.2, -0.15) is 5.10 Å². The lowest BCUT2D eigenvalue weighted by Crippen LogP contribution is -2.46. The molecule has 4 aromatic rings. The van der Waals surface area contributed by atoms with Crippen LogP contribution in [0.5, 0.6) is 5.75 Å². The second-order valence-corrected chi connectivity index (χ2v) is 16.4. The fourth-order valence-corrected chi connectivity index (χ4v) is 8.56. The van der Waals surface area contributed by atoms with E-state index in [1.165, 1.54) is 11.2 Å². The topological polar surface area (TPSA) is 124 Å². The maximum absolute atomic E-state index is 13.5. The summed E-state index contributed by atoms with van der Waals surface area (Å²) in [7, 11) is 0. The Kier molecular flexibility index (Phi) is 12.1. The molecule has 5 heterocycles. The Hall–Kier alpha value is -4.44. The Morgan fingerprint density at radius 2 is 1.57 bits per heavy atom. The first-order valence-electron chi connectivity index (χ1n) is 19.9. The van der Waals surface area contributed by atoms with E-state index in [1.807, 2.05) is 42.5 Å². The van der Waals surface area contributed by atoms with Gasteiger partial charge in [-0.05, 0) is 93.8 Å². The number of anilines is 3. The van der Waals surface area contributed by atoms with Crippen LogP contribution in [0.1, 0.15) is 38.7 Å². The number of benzene rings is 3. The lowest BCUT2D eigenvalue weighted by Gasteiger charge is -2.37. The van der Waals surface area contributed by atoms with Crippen molar-refractivity contribution in [3.63, 3.8) is 0 Å². The van der Waals surface area contributed by atoms with E-state index < -0.39 is 11.3 Å². The van der Waals surface area contributed by atoms with E-state index in [1.54, 1.807) is 41.9 Å². The van der Waals surface area contributed by atoms with E-state index in [-0.39, 0.29) is 37.3 Å². The molecule has 0 radical (unpaired) electrons. The molecule has 0 spiro atoms. The van der Waals surface area contributed by atoms with Crippen molar-refractivity contribution in [3.05, 3.63) is 95.0 Å². The molecule has 308 valence electrons. The maximum atomic E-state index is 13.5. The molecule has 3 aromatic carbocycles. The summed E-state index contributed by atoms with van der Waals surface area (Å²) in [6.45, 7) is 9.67. The SMILES string of the molecule is CC1(C)C(=O)N(c2ccc(N3CCN(c4ccc(OCC5COC(Cn6cncn6)(c6ccc(Cl)cc6Cl)O5)cc4)CC3)cc2)C(=O)N1CCOCC1CCCCO1. The number of aromatic nitrogens is 3. The number of hydrogen-bond donors (Lipinski definition) is 0. The van der Waals surface area contributed by atoms with Crippen LogP contribution in [0, 0.1) is 0 Å². The predicted octanol–water partition coefficient (Wildman–Crippen LogP) is 6.39. The smallest absolute Gasteiger partial charge is 0.332 e. The summed E-state index contributed by atoms with van der Waals surface area (Å²) in [4.78, 5) is 38.7. The Bertz CT molecular complexity index is 2020. The van der Waals surface area contributed by atoms with Crippen molar-refractivity contribution in [2.75, 3.05) is 80.5 Å². The molecular weight excluding hydrogens is 785 g/mol. The zero-order valence-corrected chi connectivity index (χ0v) is 34.3. The number of amides is 3. The van der Waals surface area contributed by atoms with E-state index >= 15 is 0 Å². The number of urea groups is 1. The van der Waals surface area contributed by atoms with Gasteiger partial charge in [0.15, 0.2) is 0 Å². The van der Waals surface area contributed by atoms with E-state index in [4.69, 9.17) is 46.9 Å². The highest BCUT2D eigenvalue weighted by Gasteiger charge is 2.51. The number of rotatable bonds is 14. The van der Waals surface area contributed by atoms with Gasteiger partial charge in [0.2, 0.25) is 5.79 Å². The van der Waals surface area contributed by atoms with Crippen LogP contribution in [0.4, 0.5) is 21.9 Å². The van der Waals surface area contributed by atoms with E-state index in [0.717, 1.165) is 69.2 Å². The molecule has 3 unspecified atom stereocenters. The molecule has 0 saturated carbocycles. The Morgan fingerprint density at radius 1 is 0.862 bits per heavy atom. The first-order valence-corrected chi connectivity index (χ1v) is 20.6. The van der Waals surface area contributed by atoms with Crippen LogP contribution in [-0.4, -0.2) is 115 Å². The van der Waals surface area contributed by atoms with Crippen LogP contribution >= 0.6 is 23.2 Å². The lowest BCUT2D eigenvalue weighted by atomic mass is 10.0. The molecule has 4 aliphatic rings. The van der Waals surface area contributed by atoms with Crippen molar-refractivity contribution in [3.8, 4) is 5.75 Å². The summed E-state index contributed by atoms with van der Waals surface area (Å²) in [5, 5.41) is 5.19. The van der Waals surface area contributed by atoms with Gasteiger partial charge in [-0.25, -0.2) is 19.4 Å². The number of piperazine rings is 1. The number of hydrogen-bond acceptors (Lipinski definition) is 11. The quantitative estimate of drug-likeness (QED) is 0.104. The predicted molar refractivity (Wildman–Crippen MR) is 220 cm³/mol. The van der Waals surface area contributed by atoms with Crippen LogP contribution in [0.25, 0.3) is 0 Å². The highest BCUT2D eigenvalue weighted by atomic mass is 35.5. The molecule has 4 aliphatic heterocycles. The second kappa shape index (κ2) is 17.4. The zero-order chi connectivity index (χ0) is 40.3. The summed E-state index contributed by atoms with van der Waals surface area (Å²) in [6.07, 6.45) is 6.03. The average molecular weight is 835 g/mol. The molecule has 0 bridgehead atoms. The summed E-state index contributed by atoms with van der Waals surface area (Å²) >= 11 is 12.8. The maximum Gasteiger partial charge on any atom is 0.332 e. The lowest BCUT2D eigenvalue weighted by molar-refractivity contribution is -0.190. The Morgan fingerprint density at radius 3 is 2.22 bits per heavy atom. The van der Waals surface area contributed by atoms with Crippen molar-refractivity contribution in [1.29, 1.82) is 0 Å². The number of nitrogens with zero attached hydrogens (tertiary/aromatic N) is 7. The van der Waals surface area contributed by atoms with Gasteiger partial charge in [0, 0.05) is 61.3 Å². The van der Waals surface area contributed by atoms with Crippen molar-refractivity contribution in [1.82, 2.24) is 19.7 Å². The minimum absolute atomic E-state index is 0.104. The number of ether oxygens (including phenoxy) is 5. The molecule has 16 heteroatoms. The standard InChI is InChI=1S/C42H49Cl2N7O7/c1-41(2)39(52)51(40(53)50(41)20-22-54-24-35-5-3-4-21-55-35)33-9-7-31(8-10-33)47-16-18-48(19-17-47)32-11-13-34(14-12-32)56-25-36-26-57-42(58-36,27-49-29-45-28-46-49)37-15-6-30(43)23-38(37)44/h6-15,23,28-29,35-36H,3-5,16-22,24-27H2,1-2H3. The molecule has 1 aromatic heterocycles. The van der Waals surface area contributed by atoms with Gasteiger partial charge in [-0.1, -0.05) is 29.3 Å². The van der Waals surface area contributed by atoms with E-state index in [2.05, 4.69) is 32.0 Å². The molecule has 0 aliphatic carbocycles. The third-order valence-corrected chi connectivity index (χ3v) is 11.8. The average Bonchev–Trinajstić information content (AvgIpc) is 3.94. The summed E-state index contributed by atoms with van der Waals surface area (Å²) in [5.41, 5.74) is 2.40. The number of imide groups is 1. The second-order valence-electron chi connectivity index (χ2n) is 15.5. The van der Waals surface area contributed by atoms with Gasteiger partial charge in [-0.3, -0.25) is 4.79 Å². The largest absolute Gasteiger partial charge is 0.491 e. The van der Waals surface area contributed by atoms with Crippen LogP contribution < -0.4 is 19.4 Å². The van der Waals surface area contributed by atoms with E-state index in [0.29, 0.717) is 47.7 Å². The molecule has 4 saturated heterocycles. The van der Waals surface area contributed by atoms with Gasteiger partial charge in [0.05, 0.1) is 36.6 Å². The van der Waals surface area contributed by atoms with Gasteiger partial charge in [0.25, 0.3) is 5.91 Å². The zero-order valence-electron chi connectivity index (χ0n) is 32.8.